The van der Waals surface area contributed by atoms with Crippen LogP contribution in [0.5, 0.6) is 0 Å². The third kappa shape index (κ3) is 3.80. The van der Waals surface area contributed by atoms with E-state index in [2.05, 4.69) is 11.6 Å². The van der Waals surface area contributed by atoms with Crippen LogP contribution in [0.25, 0.3) is 16.3 Å². The lowest BCUT2D eigenvalue weighted by atomic mass is 9.93. The van der Waals surface area contributed by atoms with E-state index < -0.39 is 45.8 Å². The van der Waals surface area contributed by atoms with Crippen LogP contribution in [0.2, 0.25) is 0 Å². The van der Waals surface area contributed by atoms with Gasteiger partial charge in [-0.1, -0.05) is 54.6 Å². The Balaban J connectivity index is 2.25. The number of alkyl halides is 7. The summed E-state index contributed by atoms with van der Waals surface area (Å²) in [5, 5.41) is -5.21. The lowest BCUT2D eigenvalue weighted by Crippen LogP contribution is -2.50. The molecule has 0 N–H and O–H groups in total. The Labute approximate surface area is 205 Å². The van der Waals surface area contributed by atoms with Crippen LogP contribution in [0.3, 0.4) is 0 Å². The van der Waals surface area contributed by atoms with Gasteiger partial charge in [0.2, 0.25) is 5.78 Å². The Morgan fingerprint density at radius 1 is 0.917 bits per heavy atom. The Hall–Kier alpha value is -3.53. The first-order valence-corrected chi connectivity index (χ1v) is 10.9. The fraction of sp³-hybridized carbons (Fsp3) is 0.200. The fourth-order valence-corrected chi connectivity index (χ4v) is 4.13. The molecule has 0 aliphatic heterocycles. The zero-order chi connectivity index (χ0) is 26.5. The molecular weight excluding hydrogens is 512 g/mol. The van der Waals surface area contributed by atoms with Crippen LogP contribution in [0, 0.1) is 0 Å². The Bertz CT molecular complexity index is 1480. The second-order valence-corrected chi connectivity index (χ2v) is 8.26. The number of hydrogen-bond donors (Lipinski definition) is 0. The van der Waals surface area contributed by atoms with Crippen molar-refractivity contribution in [1.29, 1.82) is 0 Å². The first-order valence-electron chi connectivity index (χ1n) is 10.5. The van der Waals surface area contributed by atoms with E-state index in [1.165, 1.54) is 55.5 Å². The molecule has 4 nitrogen and oxygen atoms in total. The molecule has 0 bridgehead atoms. The molecule has 0 unspecified atom stereocenters. The Morgan fingerprint density at radius 3 is 2.14 bits per heavy atom. The van der Waals surface area contributed by atoms with E-state index in [-0.39, 0.29) is 23.1 Å². The molecule has 0 fully saturated rings. The first kappa shape index (κ1) is 25.6. The van der Waals surface area contributed by atoms with Crippen molar-refractivity contribution in [3.05, 3.63) is 89.2 Å². The van der Waals surface area contributed by atoms with Crippen LogP contribution in [-0.2, 0) is 10.7 Å². The van der Waals surface area contributed by atoms with Gasteiger partial charge in [0.1, 0.15) is 5.69 Å². The van der Waals surface area contributed by atoms with Gasteiger partial charge in [-0.3, -0.25) is 4.79 Å². The van der Waals surface area contributed by atoms with Crippen molar-refractivity contribution in [3.8, 4) is 0 Å². The molecule has 11 heteroatoms. The number of halogens is 7. The second kappa shape index (κ2) is 8.85. The van der Waals surface area contributed by atoms with Gasteiger partial charge in [0, 0.05) is 17.1 Å². The normalized spacial score (nSPS) is 12.8. The summed E-state index contributed by atoms with van der Waals surface area (Å²) in [6, 6.07) is 14.2. The number of nitrogens with zero attached hydrogens (tertiary/aromatic N) is 1. The fourth-order valence-electron chi connectivity index (χ4n) is 4.01. The van der Waals surface area contributed by atoms with E-state index in [1.807, 2.05) is 0 Å². The third-order valence-electron chi connectivity index (χ3n) is 5.62. The predicted octanol–water partition coefficient (Wildman–Crippen LogP) is 7.06. The minimum Gasteiger partial charge on any atom is -0.462 e. The van der Waals surface area contributed by atoms with E-state index >= 15 is 8.78 Å². The monoisotopic (exact) mass is 527 g/mol. The summed E-state index contributed by atoms with van der Waals surface area (Å²) < 4.78 is 93.3. The summed E-state index contributed by atoms with van der Waals surface area (Å²) in [7, 11) is 0. The molecule has 0 saturated carbocycles. The van der Waals surface area contributed by atoms with Gasteiger partial charge in [-0.15, -0.1) is 0 Å². The topological polar surface area (TPSA) is 47.8 Å². The Kier molecular flexibility index (Phi) is 6.28. The molecule has 0 amide bonds. The SMILES string of the molecule is CCOC(=O)c1c(C(F)(F)C(F)(F)C(F)(F)Cl)c(C(=O)c2ccccc2)n2ccc3ccccc3c12. The van der Waals surface area contributed by atoms with Gasteiger partial charge in [-0.05, 0) is 30.0 Å². The number of carbonyl (C=O) groups is 2. The summed E-state index contributed by atoms with van der Waals surface area (Å²) in [4.78, 5) is 26.4. The maximum absolute atomic E-state index is 15.6. The standard InChI is InChI=1S/C25H16ClF6NO3/c1-2-36-22(35)17-18(23(27,28)24(29,30)25(26,31)32)20(21(34)15-9-4-3-5-10-15)33-13-12-14-8-6-7-11-16(14)19(17)33/h3-13H,2H2,1H3. The van der Waals surface area contributed by atoms with Crippen molar-refractivity contribution in [1.82, 2.24) is 4.40 Å². The minimum absolute atomic E-state index is 0.119. The van der Waals surface area contributed by atoms with Gasteiger partial charge in [0.15, 0.2) is 0 Å². The molecule has 0 radical (unpaired) electrons. The van der Waals surface area contributed by atoms with E-state index in [4.69, 9.17) is 4.74 Å². The summed E-state index contributed by atoms with van der Waals surface area (Å²) in [5.41, 5.74) is -4.74. The largest absolute Gasteiger partial charge is 0.462 e. The quantitative estimate of drug-likeness (QED) is 0.112. The zero-order valence-corrected chi connectivity index (χ0v) is 19.1. The van der Waals surface area contributed by atoms with Gasteiger partial charge in [-0.25, -0.2) is 4.79 Å². The number of rotatable bonds is 7. The highest BCUT2D eigenvalue weighted by Gasteiger charge is 2.73. The molecule has 0 spiro atoms. The minimum atomic E-state index is -6.20. The van der Waals surface area contributed by atoms with Crippen molar-refractivity contribution in [2.24, 2.45) is 0 Å². The number of hydrogen-bond acceptors (Lipinski definition) is 3. The third-order valence-corrected chi connectivity index (χ3v) is 5.86. The second-order valence-electron chi connectivity index (χ2n) is 7.78. The average Bonchev–Trinajstić information content (AvgIpc) is 3.20. The summed E-state index contributed by atoms with van der Waals surface area (Å²) >= 11 is 4.42. The van der Waals surface area contributed by atoms with Crippen LogP contribution in [0.4, 0.5) is 26.3 Å². The van der Waals surface area contributed by atoms with Crippen LogP contribution >= 0.6 is 11.6 Å². The molecule has 4 aromatic rings. The summed E-state index contributed by atoms with van der Waals surface area (Å²) in [5.74, 6) is -14.7. The summed E-state index contributed by atoms with van der Waals surface area (Å²) in [6.45, 7) is 0.986. The molecule has 0 aliphatic carbocycles. The molecule has 2 aromatic heterocycles. The van der Waals surface area contributed by atoms with E-state index in [9.17, 15) is 27.2 Å². The van der Waals surface area contributed by atoms with Crippen molar-refractivity contribution >= 4 is 39.6 Å². The average molecular weight is 528 g/mol. The van der Waals surface area contributed by atoms with Crippen molar-refractivity contribution < 1.29 is 40.7 Å². The predicted molar refractivity (Wildman–Crippen MR) is 120 cm³/mol. The number of aromatic nitrogens is 1. The van der Waals surface area contributed by atoms with Gasteiger partial charge < -0.3 is 9.14 Å². The number of benzene rings is 2. The van der Waals surface area contributed by atoms with Gasteiger partial charge in [0.25, 0.3) is 0 Å². The number of ether oxygens (including phenoxy) is 1. The van der Waals surface area contributed by atoms with Crippen LogP contribution < -0.4 is 0 Å². The van der Waals surface area contributed by atoms with Crippen LogP contribution in [-0.4, -0.2) is 34.1 Å². The number of ketones is 1. The van der Waals surface area contributed by atoms with Gasteiger partial charge >= 0.3 is 23.2 Å². The summed E-state index contributed by atoms with van der Waals surface area (Å²) in [6.07, 6.45) is 1.12. The van der Waals surface area contributed by atoms with Gasteiger partial charge in [-0.2, -0.15) is 26.3 Å². The molecule has 0 atom stereocenters. The van der Waals surface area contributed by atoms with E-state index in [0.717, 1.165) is 10.6 Å². The first-order chi connectivity index (χ1) is 16.8. The molecule has 188 valence electrons. The van der Waals surface area contributed by atoms with E-state index in [0.29, 0.717) is 5.39 Å². The molecule has 2 aromatic carbocycles. The smallest absolute Gasteiger partial charge is 0.390 e. The highest BCUT2D eigenvalue weighted by atomic mass is 35.5. The number of carbonyl (C=O) groups excluding carboxylic acids is 2. The number of fused-ring (bicyclic) bond motifs is 3. The lowest BCUT2D eigenvalue weighted by molar-refractivity contribution is -0.286. The van der Waals surface area contributed by atoms with E-state index in [1.54, 1.807) is 12.1 Å². The molecule has 0 saturated heterocycles. The van der Waals surface area contributed by atoms with Crippen molar-refractivity contribution in [2.45, 2.75) is 24.2 Å². The van der Waals surface area contributed by atoms with Crippen molar-refractivity contribution in [3.63, 3.8) is 0 Å². The highest BCUT2D eigenvalue weighted by molar-refractivity contribution is 6.22. The zero-order valence-electron chi connectivity index (χ0n) is 18.4. The maximum atomic E-state index is 15.6. The molecule has 2 heterocycles. The van der Waals surface area contributed by atoms with Crippen LogP contribution in [0.15, 0.2) is 66.9 Å². The van der Waals surface area contributed by atoms with Crippen molar-refractivity contribution in [2.75, 3.05) is 6.61 Å². The molecule has 4 rings (SSSR count). The molecule has 36 heavy (non-hydrogen) atoms. The number of esters is 1. The van der Waals surface area contributed by atoms with Crippen LogP contribution in [0.1, 0.15) is 38.9 Å². The highest BCUT2D eigenvalue weighted by Crippen LogP contribution is 2.55. The maximum Gasteiger partial charge on any atom is 0.390 e. The Morgan fingerprint density at radius 2 is 1.53 bits per heavy atom. The number of pyridine rings is 1. The lowest BCUT2D eigenvalue weighted by Gasteiger charge is -2.30. The van der Waals surface area contributed by atoms with Gasteiger partial charge in [0.05, 0.1) is 23.3 Å². The molecule has 0 aliphatic rings. The molecular formula is C25H16ClF6NO3.